The number of hydrogen-bond donors (Lipinski definition) is 2. The highest BCUT2D eigenvalue weighted by Gasteiger charge is 2.16. The molecule has 1 amide bonds. The average molecular weight is 303 g/mol. The van der Waals surface area contributed by atoms with Gasteiger partial charge in [-0.05, 0) is 35.9 Å². The van der Waals surface area contributed by atoms with Gasteiger partial charge in [0, 0.05) is 6.08 Å². The van der Waals surface area contributed by atoms with Crippen molar-refractivity contribution in [2.45, 2.75) is 9.79 Å². The summed E-state index contributed by atoms with van der Waals surface area (Å²) in [5.74, 6) is -0.689. The third-order valence-corrected chi connectivity index (χ3v) is 4.53. The molecule has 2 N–H and O–H groups in total. The Labute approximate surface area is 122 Å². The quantitative estimate of drug-likeness (QED) is 0.514. The molecule has 0 atom stereocenters. The SMILES string of the molecule is O=C(C=Cc1cccc(S(=O)(=O)c2ccccc2)c1)NO. The van der Waals surface area contributed by atoms with Gasteiger partial charge < -0.3 is 0 Å². The van der Waals surface area contributed by atoms with Crippen LogP contribution in [0.1, 0.15) is 5.56 Å². The maximum atomic E-state index is 12.4. The zero-order valence-electron chi connectivity index (χ0n) is 10.9. The second kappa shape index (κ2) is 6.34. The van der Waals surface area contributed by atoms with E-state index in [9.17, 15) is 13.2 Å². The molecule has 0 saturated heterocycles. The Bertz CT molecular complexity index is 767. The number of nitrogens with one attached hydrogen (secondary N) is 1. The summed E-state index contributed by atoms with van der Waals surface area (Å²) < 4.78 is 24.9. The first-order valence-corrected chi connectivity index (χ1v) is 7.55. The molecule has 0 spiro atoms. The molecular formula is C15H13NO4S. The van der Waals surface area contributed by atoms with Gasteiger partial charge in [0.2, 0.25) is 9.84 Å². The fourth-order valence-electron chi connectivity index (χ4n) is 1.73. The number of benzene rings is 2. The zero-order valence-corrected chi connectivity index (χ0v) is 11.7. The van der Waals surface area contributed by atoms with E-state index in [-0.39, 0.29) is 9.79 Å². The van der Waals surface area contributed by atoms with Crippen LogP contribution in [0.3, 0.4) is 0 Å². The topological polar surface area (TPSA) is 83.5 Å². The van der Waals surface area contributed by atoms with E-state index in [4.69, 9.17) is 5.21 Å². The standard InChI is InChI=1S/C15H13NO4S/c17-15(16-18)10-9-12-5-4-8-14(11-12)21(19,20)13-6-2-1-3-7-13/h1-11,18H,(H,16,17). The maximum Gasteiger partial charge on any atom is 0.267 e. The van der Waals surface area contributed by atoms with Gasteiger partial charge in [-0.1, -0.05) is 30.3 Å². The van der Waals surface area contributed by atoms with Gasteiger partial charge in [0.25, 0.3) is 5.91 Å². The van der Waals surface area contributed by atoms with Crippen LogP contribution in [0, 0.1) is 0 Å². The van der Waals surface area contributed by atoms with Gasteiger partial charge in [0.05, 0.1) is 9.79 Å². The van der Waals surface area contributed by atoms with E-state index in [0.29, 0.717) is 5.56 Å². The van der Waals surface area contributed by atoms with Crippen molar-refractivity contribution in [1.29, 1.82) is 0 Å². The Morgan fingerprint density at radius 1 is 1.00 bits per heavy atom. The number of rotatable bonds is 4. The molecule has 0 bridgehead atoms. The first-order valence-electron chi connectivity index (χ1n) is 6.06. The van der Waals surface area contributed by atoms with Gasteiger partial charge in [-0.15, -0.1) is 0 Å². The normalized spacial score (nSPS) is 11.5. The minimum Gasteiger partial charge on any atom is -0.288 e. The van der Waals surface area contributed by atoms with Crippen LogP contribution >= 0.6 is 0 Å². The molecule has 0 aliphatic heterocycles. The molecule has 0 aliphatic rings. The van der Waals surface area contributed by atoms with Crippen LogP contribution in [-0.2, 0) is 14.6 Å². The van der Waals surface area contributed by atoms with E-state index in [1.807, 2.05) is 0 Å². The number of hydrogen-bond acceptors (Lipinski definition) is 4. The molecule has 21 heavy (non-hydrogen) atoms. The average Bonchev–Trinajstić information content (AvgIpc) is 2.53. The van der Waals surface area contributed by atoms with Gasteiger partial charge in [0.15, 0.2) is 0 Å². The summed E-state index contributed by atoms with van der Waals surface area (Å²) >= 11 is 0. The van der Waals surface area contributed by atoms with Gasteiger partial charge in [-0.3, -0.25) is 10.0 Å². The molecule has 0 heterocycles. The minimum atomic E-state index is -3.59. The Balaban J connectivity index is 2.38. The molecule has 2 aromatic carbocycles. The summed E-state index contributed by atoms with van der Waals surface area (Å²) in [5, 5.41) is 8.40. The number of carbonyl (C=O) groups is 1. The largest absolute Gasteiger partial charge is 0.288 e. The lowest BCUT2D eigenvalue weighted by Crippen LogP contribution is -2.14. The Morgan fingerprint density at radius 3 is 2.33 bits per heavy atom. The molecule has 0 radical (unpaired) electrons. The van der Waals surface area contributed by atoms with Gasteiger partial charge in [-0.2, -0.15) is 0 Å². The molecule has 0 saturated carbocycles. The molecule has 0 unspecified atom stereocenters. The summed E-state index contributed by atoms with van der Waals surface area (Å²) in [6, 6.07) is 14.3. The summed E-state index contributed by atoms with van der Waals surface area (Å²) in [5.41, 5.74) is 2.00. The summed E-state index contributed by atoms with van der Waals surface area (Å²) in [4.78, 5) is 11.3. The van der Waals surface area contributed by atoms with Gasteiger partial charge in [-0.25, -0.2) is 13.9 Å². The maximum absolute atomic E-state index is 12.4. The number of amides is 1. The summed E-state index contributed by atoms with van der Waals surface area (Å²) in [6.45, 7) is 0. The smallest absolute Gasteiger partial charge is 0.267 e. The van der Waals surface area contributed by atoms with Crippen LogP contribution in [0.25, 0.3) is 6.08 Å². The molecule has 6 heteroatoms. The van der Waals surface area contributed by atoms with E-state index < -0.39 is 15.7 Å². The lowest BCUT2D eigenvalue weighted by molar-refractivity contribution is -0.124. The van der Waals surface area contributed by atoms with Crippen LogP contribution in [0.2, 0.25) is 0 Å². The van der Waals surface area contributed by atoms with Crippen molar-refractivity contribution in [3.05, 3.63) is 66.2 Å². The van der Waals surface area contributed by atoms with Crippen molar-refractivity contribution in [2.75, 3.05) is 0 Å². The van der Waals surface area contributed by atoms with Crippen LogP contribution in [0.4, 0.5) is 0 Å². The highest BCUT2D eigenvalue weighted by atomic mass is 32.2. The molecule has 0 aromatic heterocycles. The van der Waals surface area contributed by atoms with E-state index >= 15 is 0 Å². The predicted molar refractivity (Wildman–Crippen MR) is 77.3 cm³/mol. The number of carbonyl (C=O) groups excluding carboxylic acids is 1. The lowest BCUT2D eigenvalue weighted by atomic mass is 10.2. The Kier molecular flexibility index (Phi) is 4.52. The second-order valence-corrected chi connectivity index (χ2v) is 6.15. The Hall–Kier alpha value is -2.44. The van der Waals surface area contributed by atoms with Crippen LogP contribution < -0.4 is 5.48 Å². The molecule has 5 nitrogen and oxygen atoms in total. The fourth-order valence-corrected chi connectivity index (χ4v) is 3.07. The molecule has 0 aliphatic carbocycles. The van der Waals surface area contributed by atoms with Crippen molar-refractivity contribution in [3.63, 3.8) is 0 Å². The first kappa shape index (κ1) is 15.0. The van der Waals surface area contributed by atoms with Gasteiger partial charge >= 0.3 is 0 Å². The van der Waals surface area contributed by atoms with Crippen LogP contribution in [0.15, 0.2) is 70.5 Å². The molecule has 2 aromatic rings. The lowest BCUT2D eigenvalue weighted by Gasteiger charge is -2.05. The molecular weight excluding hydrogens is 290 g/mol. The summed E-state index contributed by atoms with van der Waals surface area (Å²) in [6.07, 6.45) is 2.52. The van der Waals surface area contributed by atoms with E-state index in [1.165, 1.54) is 35.8 Å². The highest BCUT2D eigenvalue weighted by molar-refractivity contribution is 7.91. The van der Waals surface area contributed by atoms with E-state index in [0.717, 1.165) is 6.08 Å². The number of hydroxylamine groups is 1. The molecule has 0 fully saturated rings. The van der Waals surface area contributed by atoms with E-state index in [1.54, 1.807) is 30.3 Å². The van der Waals surface area contributed by atoms with Crippen molar-refractivity contribution in [2.24, 2.45) is 0 Å². The molecule has 2 rings (SSSR count). The highest BCUT2D eigenvalue weighted by Crippen LogP contribution is 2.21. The Morgan fingerprint density at radius 2 is 1.67 bits per heavy atom. The van der Waals surface area contributed by atoms with E-state index in [2.05, 4.69) is 0 Å². The third-order valence-electron chi connectivity index (χ3n) is 2.76. The fraction of sp³-hybridized carbons (Fsp3) is 0. The van der Waals surface area contributed by atoms with Crippen molar-refractivity contribution >= 4 is 21.8 Å². The van der Waals surface area contributed by atoms with Crippen molar-refractivity contribution in [3.8, 4) is 0 Å². The van der Waals surface area contributed by atoms with Crippen molar-refractivity contribution in [1.82, 2.24) is 5.48 Å². The summed E-state index contributed by atoms with van der Waals surface area (Å²) in [7, 11) is -3.59. The second-order valence-electron chi connectivity index (χ2n) is 4.20. The van der Waals surface area contributed by atoms with Gasteiger partial charge in [0.1, 0.15) is 0 Å². The minimum absolute atomic E-state index is 0.139. The monoisotopic (exact) mass is 303 g/mol. The predicted octanol–water partition coefficient (Wildman–Crippen LogP) is 2.04. The first-order chi connectivity index (χ1) is 10.0. The third kappa shape index (κ3) is 3.56. The van der Waals surface area contributed by atoms with Crippen LogP contribution in [-0.4, -0.2) is 19.5 Å². The number of sulfone groups is 1. The molecule has 108 valence electrons. The van der Waals surface area contributed by atoms with Crippen molar-refractivity contribution < 1.29 is 18.4 Å². The zero-order chi connectivity index (χ0) is 15.3. The van der Waals surface area contributed by atoms with Crippen LogP contribution in [0.5, 0.6) is 0 Å².